The van der Waals surface area contributed by atoms with Gasteiger partial charge in [-0.1, -0.05) is 19.3 Å². The van der Waals surface area contributed by atoms with Crippen molar-refractivity contribution >= 4 is 0 Å². The lowest BCUT2D eigenvalue weighted by molar-refractivity contribution is 0.171. The van der Waals surface area contributed by atoms with Crippen LogP contribution in [-0.2, 0) is 0 Å². The van der Waals surface area contributed by atoms with Crippen molar-refractivity contribution in [1.29, 1.82) is 0 Å². The topological polar surface area (TPSA) is 29.3 Å². The quantitative estimate of drug-likeness (QED) is 0.658. The first kappa shape index (κ1) is 13.0. The minimum atomic E-state index is 0.470. The van der Waals surface area contributed by atoms with Gasteiger partial charge in [-0.3, -0.25) is 4.90 Å². The van der Waals surface area contributed by atoms with Gasteiger partial charge in [0, 0.05) is 5.54 Å². The summed E-state index contributed by atoms with van der Waals surface area (Å²) in [6, 6.07) is 0. The molecule has 90 valence electrons. The number of rotatable bonds is 7. The summed E-state index contributed by atoms with van der Waals surface area (Å²) in [6.07, 6.45) is 9.40. The highest BCUT2D eigenvalue weighted by Crippen LogP contribution is 2.28. The van der Waals surface area contributed by atoms with E-state index in [0.29, 0.717) is 5.54 Å². The Morgan fingerprint density at radius 2 is 1.73 bits per heavy atom. The van der Waals surface area contributed by atoms with Crippen molar-refractivity contribution in [2.45, 2.75) is 64.3 Å². The molecule has 0 amide bonds. The standard InChI is InChI=1S/C13H28N2/c1-13(2)9-8-12-15(13)11-7-5-3-4-6-10-14/h3-12,14H2,1-2H3. The van der Waals surface area contributed by atoms with Gasteiger partial charge in [0.25, 0.3) is 0 Å². The third-order valence-corrected chi connectivity index (χ3v) is 3.70. The van der Waals surface area contributed by atoms with Gasteiger partial charge in [-0.05, 0) is 59.2 Å². The van der Waals surface area contributed by atoms with Crippen molar-refractivity contribution in [2.24, 2.45) is 5.73 Å². The van der Waals surface area contributed by atoms with Crippen LogP contribution >= 0.6 is 0 Å². The summed E-state index contributed by atoms with van der Waals surface area (Å²) in [5.74, 6) is 0. The van der Waals surface area contributed by atoms with Gasteiger partial charge in [-0.2, -0.15) is 0 Å². The first-order valence-corrected chi connectivity index (χ1v) is 6.62. The normalized spacial score (nSPS) is 21.0. The monoisotopic (exact) mass is 212 g/mol. The molecular weight excluding hydrogens is 184 g/mol. The summed E-state index contributed by atoms with van der Waals surface area (Å²) in [6.45, 7) is 8.24. The number of nitrogens with zero attached hydrogens (tertiary/aromatic N) is 1. The Kier molecular flexibility index (Phi) is 5.62. The van der Waals surface area contributed by atoms with Crippen LogP contribution in [0.25, 0.3) is 0 Å². The maximum atomic E-state index is 5.47. The van der Waals surface area contributed by atoms with Gasteiger partial charge >= 0.3 is 0 Å². The number of unbranched alkanes of at least 4 members (excludes halogenated alkanes) is 4. The summed E-state index contributed by atoms with van der Waals surface area (Å²) in [4.78, 5) is 2.66. The first-order valence-electron chi connectivity index (χ1n) is 6.62. The Hall–Kier alpha value is -0.0800. The van der Waals surface area contributed by atoms with Gasteiger partial charge < -0.3 is 5.73 Å². The van der Waals surface area contributed by atoms with Crippen molar-refractivity contribution in [2.75, 3.05) is 19.6 Å². The van der Waals surface area contributed by atoms with Gasteiger partial charge in [0.15, 0.2) is 0 Å². The molecule has 2 heteroatoms. The molecule has 0 aromatic carbocycles. The average molecular weight is 212 g/mol. The van der Waals surface area contributed by atoms with E-state index in [2.05, 4.69) is 18.7 Å². The SMILES string of the molecule is CC1(C)CCCN1CCCCCCCN. The fraction of sp³-hybridized carbons (Fsp3) is 1.00. The van der Waals surface area contributed by atoms with Gasteiger partial charge in [-0.15, -0.1) is 0 Å². The van der Waals surface area contributed by atoms with Crippen molar-refractivity contribution in [3.05, 3.63) is 0 Å². The highest BCUT2D eigenvalue weighted by Gasteiger charge is 2.30. The van der Waals surface area contributed by atoms with Crippen LogP contribution in [0.2, 0.25) is 0 Å². The Bertz CT molecular complexity index is 166. The maximum Gasteiger partial charge on any atom is 0.0153 e. The zero-order chi connectivity index (χ0) is 11.1. The lowest BCUT2D eigenvalue weighted by atomic mass is 10.0. The third kappa shape index (κ3) is 4.52. The van der Waals surface area contributed by atoms with Crippen LogP contribution in [-0.4, -0.2) is 30.1 Å². The predicted molar refractivity (Wildman–Crippen MR) is 67.0 cm³/mol. The molecule has 2 nitrogen and oxygen atoms in total. The second-order valence-corrected chi connectivity index (χ2v) is 5.46. The van der Waals surface area contributed by atoms with E-state index in [1.807, 2.05) is 0 Å². The molecule has 0 saturated carbocycles. The zero-order valence-electron chi connectivity index (χ0n) is 10.6. The minimum absolute atomic E-state index is 0.470. The van der Waals surface area contributed by atoms with Gasteiger partial charge in [-0.25, -0.2) is 0 Å². The fourth-order valence-electron chi connectivity index (χ4n) is 2.56. The van der Waals surface area contributed by atoms with E-state index in [1.54, 1.807) is 0 Å². The maximum absolute atomic E-state index is 5.47. The highest BCUT2D eigenvalue weighted by atomic mass is 15.2. The van der Waals surface area contributed by atoms with E-state index in [1.165, 1.54) is 58.0 Å². The van der Waals surface area contributed by atoms with Gasteiger partial charge in [0.1, 0.15) is 0 Å². The molecule has 0 aromatic rings. The van der Waals surface area contributed by atoms with Crippen LogP contribution in [0, 0.1) is 0 Å². The molecule has 0 aliphatic carbocycles. The Balaban J connectivity index is 2.00. The molecule has 0 aromatic heterocycles. The average Bonchev–Trinajstić information content (AvgIpc) is 2.52. The molecule has 1 rings (SSSR count). The molecular formula is C13H28N2. The molecule has 0 spiro atoms. The number of hydrogen-bond donors (Lipinski definition) is 1. The lowest BCUT2D eigenvalue weighted by Gasteiger charge is -2.31. The molecule has 0 unspecified atom stereocenters. The minimum Gasteiger partial charge on any atom is -0.330 e. The van der Waals surface area contributed by atoms with E-state index in [9.17, 15) is 0 Å². The molecule has 1 fully saturated rings. The Labute approximate surface area is 95.2 Å². The van der Waals surface area contributed by atoms with Crippen molar-refractivity contribution in [1.82, 2.24) is 4.90 Å². The van der Waals surface area contributed by atoms with E-state index in [-0.39, 0.29) is 0 Å². The number of hydrogen-bond acceptors (Lipinski definition) is 2. The summed E-state index contributed by atoms with van der Waals surface area (Å²) in [5.41, 5.74) is 5.94. The highest BCUT2D eigenvalue weighted by molar-refractivity contribution is 4.87. The largest absolute Gasteiger partial charge is 0.330 e. The molecule has 0 atom stereocenters. The van der Waals surface area contributed by atoms with Crippen molar-refractivity contribution < 1.29 is 0 Å². The number of likely N-dealkylation sites (tertiary alicyclic amines) is 1. The molecule has 1 aliphatic heterocycles. The van der Waals surface area contributed by atoms with Crippen LogP contribution in [0.3, 0.4) is 0 Å². The summed E-state index contributed by atoms with van der Waals surface area (Å²) >= 11 is 0. The molecule has 1 aliphatic rings. The zero-order valence-corrected chi connectivity index (χ0v) is 10.6. The van der Waals surface area contributed by atoms with Crippen molar-refractivity contribution in [3.8, 4) is 0 Å². The van der Waals surface area contributed by atoms with Crippen LogP contribution in [0.1, 0.15) is 58.8 Å². The molecule has 15 heavy (non-hydrogen) atoms. The van der Waals surface area contributed by atoms with E-state index in [0.717, 1.165) is 6.54 Å². The second-order valence-electron chi connectivity index (χ2n) is 5.46. The van der Waals surface area contributed by atoms with E-state index >= 15 is 0 Å². The third-order valence-electron chi connectivity index (χ3n) is 3.70. The summed E-state index contributed by atoms with van der Waals surface area (Å²) in [5, 5.41) is 0. The van der Waals surface area contributed by atoms with Crippen LogP contribution < -0.4 is 5.73 Å². The van der Waals surface area contributed by atoms with Crippen molar-refractivity contribution in [3.63, 3.8) is 0 Å². The van der Waals surface area contributed by atoms with Crippen LogP contribution in [0.5, 0.6) is 0 Å². The Morgan fingerprint density at radius 1 is 1.07 bits per heavy atom. The second kappa shape index (κ2) is 6.49. The molecule has 1 saturated heterocycles. The molecule has 1 heterocycles. The smallest absolute Gasteiger partial charge is 0.0153 e. The molecule has 2 N–H and O–H groups in total. The number of nitrogens with two attached hydrogens (primary N) is 1. The van der Waals surface area contributed by atoms with E-state index in [4.69, 9.17) is 5.73 Å². The van der Waals surface area contributed by atoms with Crippen LogP contribution in [0.4, 0.5) is 0 Å². The van der Waals surface area contributed by atoms with E-state index < -0.39 is 0 Å². The molecule has 0 bridgehead atoms. The Morgan fingerprint density at radius 3 is 2.33 bits per heavy atom. The van der Waals surface area contributed by atoms with Crippen LogP contribution in [0.15, 0.2) is 0 Å². The fourth-order valence-corrected chi connectivity index (χ4v) is 2.56. The first-order chi connectivity index (χ1) is 7.17. The van der Waals surface area contributed by atoms with Gasteiger partial charge in [0.2, 0.25) is 0 Å². The molecule has 0 radical (unpaired) electrons. The lowest BCUT2D eigenvalue weighted by Crippen LogP contribution is -2.38. The predicted octanol–water partition coefficient (Wildman–Crippen LogP) is 2.77. The summed E-state index contributed by atoms with van der Waals surface area (Å²) in [7, 11) is 0. The summed E-state index contributed by atoms with van der Waals surface area (Å²) < 4.78 is 0. The van der Waals surface area contributed by atoms with Gasteiger partial charge in [0.05, 0.1) is 0 Å².